The third kappa shape index (κ3) is 1.20. The Morgan fingerprint density at radius 1 is 1.25 bits per heavy atom. The van der Waals surface area contributed by atoms with Crippen molar-refractivity contribution in [3.8, 4) is 0 Å². The van der Waals surface area contributed by atoms with Gasteiger partial charge in [0.05, 0.1) is 6.54 Å². The third-order valence-corrected chi connectivity index (χ3v) is 2.31. The van der Waals surface area contributed by atoms with Crippen LogP contribution in [0.15, 0.2) is 29.4 Å². The number of fused-ring (bicyclic) bond motifs is 1. The SMILES string of the molecule is C=NN1CCc2ccccc2C1. The standard InChI is InChI=1S/C10H12N2/c1-11-12-7-6-9-4-2-3-5-10(9)8-12/h2-5H,1,6-8H2. The van der Waals surface area contributed by atoms with E-state index in [0.717, 1.165) is 19.5 Å². The van der Waals surface area contributed by atoms with Crippen LogP contribution in [0.1, 0.15) is 11.1 Å². The van der Waals surface area contributed by atoms with E-state index in [4.69, 9.17) is 0 Å². The monoisotopic (exact) mass is 160 g/mol. The summed E-state index contributed by atoms with van der Waals surface area (Å²) in [6.07, 6.45) is 1.09. The second kappa shape index (κ2) is 2.97. The van der Waals surface area contributed by atoms with Crippen LogP contribution in [0.2, 0.25) is 0 Å². The summed E-state index contributed by atoms with van der Waals surface area (Å²) >= 11 is 0. The fraction of sp³-hybridized carbons (Fsp3) is 0.300. The van der Waals surface area contributed by atoms with Crippen LogP contribution in [-0.4, -0.2) is 18.3 Å². The van der Waals surface area contributed by atoms with E-state index in [1.165, 1.54) is 11.1 Å². The Morgan fingerprint density at radius 2 is 2.00 bits per heavy atom. The second-order valence-electron chi connectivity index (χ2n) is 3.05. The van der Waals surface area contributed by atoms with Crippen LogP contribution in [0.3, 0.4) is 0 Å². The summed E-state index contributed by atoms with van der Waals surface area (Å²) in [6.45, 7) is 5.45. The van der Waals surface area contributed by atoms with Crippen molar-refractivity contribution in [1.82, 2.24) is 5.01 Å². The molecule has 0 radical (unpaired) electrons. The smallest absolute Gasteiger partial charge is 0.0613 e. The predicted molar refractivity (Wildman–Crippen MR) is 50.1 cm³/mol. The van der Waals surface area contributed by atoms with Crippen molar-refractivity contribution in [2.45, 2.75) is 13.0 Å². The fourth-order valence-electron chi connectivity index (χ4n) is 1.60. The number of hydrazone groups is 1. The molecule has 0 N–H and O–H groups in total. The second-order valence-corrected chi connectivity index (χ2v) is 3.05. The minimum absolute atomic E-state index is 0.916. The van der Waals surface area contributed by atoms with Crippen LogP contribution < -0.4 is 0 Å². The molecule has 1 aromatic carbocycles. The number of benzene rings is 1. The van der Waals surface area contributed by atoms with Gasteiger partial charge < -0.3 is 0 Å². The molecule has 2 heteroatoms. The molecule has 0 saturated heterocycles. The lowest BCUT2D eigenvalue weighted by Gasteiger charge is -2.25. The van der Waals surface area contributed by atoms with Gasteiger partial charge in [-0.2, -0.15) is 5.10 Å². The molecule has 0 aromatic heterocycles. The number of rotatable bonds is 1. The first-order valence-corrected chi connectivity index (χ1v) is 4.18. The maximum absolute atomic E-state index is 3.93. The lowest BCUT2D eigenvalue weighted by molar-refractivity contribution is 0.270. The van der Waals surface area contributed by atoms with Gasteiger partial charge in [0.2, 0.25) is 0 Å². The highest BCUT2D eigenvalue weighted by Gasteiger charge is 2.12. The molecule has 0 bridgehead atoms. The summed E-state index contributed by atoms with van der Waals surface area (Å²) in [5.41, 5.74) is 2.84. The van der Waals surface area contributed by atoms with E-state index in [1.807, 2.05) is 5.01 Å². The molecule has 1 aliphatic rings. The topological polar surface area (TPSA) is 15.6 Å². The van der Waals surface area contributed by atoms with Crippen molar-refractivity contribution >= 4 is 6.72 Å². The van der Waals surface area contributed by atoms with Gasteiger partial charge in [-0.3, -0.25) is 5.01 Å². The normalized spacial score (nSPS) is 15.5. The third-order valence-electron chi connectivity index (χ3n) is 2.31. The van der Waals surface area contributed by atoms with Crippen molar-refractivity contribution in [3.05, 3.63) is 35.4 Å². The van der Waals surface area contributed by atoms with Crippen LogP contribution in [0.25, 0.3) is 0 Å². The highest BCUT2D eigenvalue weighted by molar-refractivity contribution is 5.29. The molecule has 1 heterocycles. The summed E-state index contributed by atoms with van der Waals surface area (Å²) in [4.78, 5) is 0. The van der Waals surface area contributed by atoms with E-state index in [0.29, 0.717) is 0 Å². The summed E-state index contributed by atoms with van der Waals surface area (Å²) in [5, 5.41) is 5.93. The molecule has 0 saturated carbocycles. The average molecular weight is 160 g/mol. The molecule has 12 heavy (non-hydrogen) atoms. The average Bonchev–Trinajstić information content (AvgIpc) is 2.17. The molecule has 0 unspecified atom stereocenters. The van der Waals surface area contributed by atoms with Gasteiger partial charge in [-0.1, -0.05) is 24.3 Å². The number of nitrogens with zero attached hydrogens (tertiary/aromatic N) is 2. The Bertz CT molecular complexity index is 294. The molecule has 0 aliphatic carbocycles. The maximum atomic E-state index is 3.93. The molecule has 0 atom stereocenters. The molecule has 2 rings (SSSR count). The summed E-state index contributed by atoms with van der Waals surface area (Å²) in [5.74, 6) is 0. The zero-order chi connectivity index (χ0) is 8.39. The Morgan fingerprint density at radius 3 is 2.75 bits per heavy atom. The first-order chi connectivity index (χ1) is 5.90. The van der Waals surface area contributed by atoms with Crippen LogP contribution in [0, 0.1) is 0 Å². The van der Waals surface area contributed by atoms with Crippen molar-refractivity contribution in [1.29, 1.82) is 0 Å². The highest BCUT2D eigenvalue weighted by atomic mass is 15.4. The summed E-state index contributed by atoms with van der Waals surface area (Å²) in [7, 11) is 0. The highest BCUT2D eigenvalue weighted by Crippen LogP contribution is 2.17. The van der Waals surface area contributed by atoms with Crippen LogP contribution in [0.4, 0.5) is 0 Å². The molecule has 62 valence electrons. The molecule has 0 amide bonds. The van der Waals surface area contributed by atoms with Gasteiger partial charge in [-0.05, 0) is 17.5 Å². The molecular weight excluding hydrogens is 148 g/mol. The molecule has 1 aromatic rings. The minimum atomic E-state index is 0.916. The van der Waals surface area contributed by atoms with Crippen LogP contribution >= 0.6 is 0 Å². The molecule has 0 spiro atoms. The van der Waals surface area contributed by atoms with Gasteiger partial charge in [0.25, 0.3) is 0 Å². The van der Waals surface area contributed by atoms with Gasteiger partial charge >= 0.3 is 0 Å². The summed E-state index contributed by atoms with van der Waals surface area (Å²) < 4.78 is 0. The first-order valence-electron chi connectivity index (χ1n) is 4.18. The minimum Gasteiger partial charge on any atom is -0.293 e. The lowest BCUT2D eigenvalue weighted by atomic mass is 10.0. The molecule has 1 aliphatic heterocycles. The zero-order valence-electron chi connectivity index (χ0n) is 7.03. The Hall–Kier alpha value is -1.31. The Kier molecular flexibility index (Phi) is 1.82. The van der Waals surface area contributed by atoms with Gasteiger partial charge in [0, 0.05) is 13.3 Å². The Balaban J connectivity index is 2.28. The van der Waals surface area contributed by atoms with E-state index in [2.05, 4.69) is 36.1 Å². The van der Waals surface area contributed by atoms with E-state index in [9.17, 15) is 0 Å². The predicted octanol–water partition coefficient (Wildman–Crippen LogP) is 1.66. The van der Waals surface area contributed by atoms with Gasteiger partial charge in [0.15, 0.2) is 0 Å². The van der Waals surface area contributed by atoms with Gasteiger partial charge in [-0.25, -0.2) is 0 Å². The Labute approximate surface area is 72.5 Å². The van der Waals surface area contributed by atoms with E-state index in [-0.39, 0.29) is 0 Å². The first kappa shape index (κ1) is 7.35. The van der Waals surface area contributed by atoms with Crippen LogP contribution in [0.5, 0.6) is 0 Å². The van der Waals surface area contributed by atoms with E-state index >= 15 is 0 Å². The fourth-order valence-corrected chi connectivity index (χ4v) is 1.60. The molecular formula is C10H12N2. The van der Waals surface area contributed by atoms with Crippen molar-refractivity contribution in [2.24, 2.45) is 5.10 Å². The van der Waals surface area contributed by atoms with Crippen LogP contribution in [-0.2, 0) is 13.0 Å². The maximum Gasteiger partial charge on any atom is 0.0613 e. The van der Waals surface area contributed by atoms with Gasteiger partial charge in [-0.15, -0.1) is 0 Å². The van der Waals surface area contributed by atoms with E-state index < -0.39 is 0 Å². The zero-order valence-corrected chi connectivity index (χ0v) is 7.03. The van der Waals surface area contributed by atoms with Crippen molar-refractivity contribution in [3.63, 3.8) is 0 Å². The quantitative estimate of drug-likeness (QED) is 0.570. The summed E-state index contributed by atoms with van der Waals surface area (Å²) in [6, 6.07) is 8.52. The van der Waals surface area contributed by atoms with Gasteiger partial charge in [0.1, 0.15) is 0 Å². The van der Waals surface area contributed by atoms with Crippen molar-refractivity contribution in [2.75, 3.05) is 6.54 Å². The number of hydrogen-bond donors (Lipinski definition) is 0. The van der Waals surface area contributed by atoms with E-state index in [1.54, 1.807) is 0 Å². The molecule has 0 fully saturated rings. The largest absolute Gasteiger partial charge is 0.293 e. The lowest BCUT2D eigenvalue weighted by Crippen LogP contribution is -2.25. The van der Waals surface area contributed by atoms with Crippen molar-refractivity contribution < 1.29 is 0 Å². The number of hydrogen-bond acceptors (Lipinski definition) is 2. The molecule has 2 nitrogen and oxygen atoms in total.